The molecule has 0 radical (unpaired) electrons. The molecule has 1 N–H and O–H groups in total. The molecule has 0 aliphatic heterocycles. The third kappa shape index (κ3) is 4.13. The third-order valence-electron chi connectivity index (χ3n) is 3.16. The highest BCUT2D eigenvalue weighted by Gasteiger charge is 2.33. The minimum absolute atomic E-state index is 0.0146. The van der Waals surface area contributed by atoms with Crippen LogP contribution in [0.2, 0.25) is 0 Å². The fraction of sp³-hybridized carbons (Fsp3) is 0.533. The summed E-state index contributed by atoms with van der Waals surface area (Å²) in [5.74, 6) is 0.0146. The Morgan fingerprint density at radius 2 is 1.78 bits per heavy atom. The van der Waals surface area contributed by atoms with Crippen LogP contribution >= 0.6 is 15.9 Å². The van der Waals surface area contributed by atoms with Crippen LogP contribution in [0, 0.1) is 0 Å². The summed E-state index contributed by atoms with van der Waals surface area (Å²) in [6.07, 6.45) is 0.884. The zero-order valence-corrected chi connectivity index (χ0v) is 13.2. The van der Waals surface area contributed by atoms with Crippen LogP contribution in [0.3, 0.4) is 0 Å². The van der Waals surface area contributed by atoms with Crippen LogP contribution in [-0.2, 0) is 10.2 Å². The quantitative estimate of drug-likeness (QED) is 0.826. The summed E-state index contributed by atoms with van der Waals surface area (Å²) in [4.78, 5) is 11.3. The minimum Gasteiger partial charge on any atom is -0.350 e. The molecule has 0 aliphatic carbocycles. The Bertz CT molecular complexity index is 402. The topological polar surface area (TPSA) is 29.1 Å². The molecule has 1 aromatic carbocycles. The maximum atomic E-state index is 11.3. The second-order valence-electron chi connectivity index (χ2n) is 5.80. The first kappa shape index (κ1) is 15.2. The summed E-state index contributed by atoms with van der Waals surface area (Å²) < 4.78 is 0. The van der Waals surface area contributed by atoms with Crippen LogP contribution in [-0.4, -0.2) is 16.8 Å². The largest absolute Gasteiger partial charge is 0.350 e. The Kier molecular flexibility index (Phi) is 4.97. The van der Waals surface area contributed by atoms with E-state index in [1.807, 2.05) is 6.07 Å². The van der Waals surface area contributed by atoms with Crippen molar-refractivity contribution in [1.82, 2.24) is 5.32 Å². The Labute approximate surface area is 118 Å². The van der Waals surface area contributed by atoms with Crippen molar-refractivity contribution in [3.05, 3.63) is 35.9 Å². The zero-order valence-electron chi connectivity index (χ0n) is 11.6. The van der Waals surface area contributed by atoms with Crippen molar-refractivity contribution < 1.29 is 4.79 Å². The van der Waals surface area contributed by atoms with Gasteiger partial charge in [0.25, 0.3) is 0 Å². The lowest BCUT2D eigenvalue weighted by atomic mass is 9.75. The summed E-state index contributed by atoms with van der Waals surface area (Å²) in [7, 11) is 0. The highest BCUT2D eigenvalue weighted by Crippen LogP contribution is 2.33. The monoisotopic (exact) mass is 311 g/mol. The lowest BCUT2D eigenvalue weighted by molar-refractivity contribution is -0.120. The average Bonchev–Trinajstić information content (AvgIpc) is 2.28. The first-order valence-electron chi connectivity index (χ1n) is 6.19. The van der Waals surface area contributed by atoms with Gasteiger partial charge in [0, 0.05) is 17.8 Å². The zero-order chi connectivity index (χ0) is 13.8. The Morgan fingerprint density at radius 1 is 1.22 bits per heavy atom. The summed E-state index contributed by atoms with van der Waals surface area (Å²) >= 11 is 3.51. The number of rotatable bonds is 5. The lowest BCUT2D eigenvalue weighted by Gasteiger charge is -2.37. The van der Waals surface area contributed by atoms with Gasteiger partial charge in [-0.3, -0.25) is 4.79 Å². The molecule has 1 unspecified atom stereocenters. The molecule has 0 heterocycles. The van der Waals surface area contributed by atoms with E-state index < -0.39 is 0 Å². The third-order valence-corrected chi connectivity index (χ3v) is 4.40. The first-order chi connectivity index (χ1) is 8.29. The Balaban J connectivity index is 2.90. The number of hydrogen-bond donors (Lipinski definition) is 1. The van der Waals surface area contributed by atoms with Gasteiger partial charge in [-0.2, -0.15) is 0 Å². The average molecular weight is 312 g/mol. The number of amides is 1. The van der Waals surface area contributed by atoms with E-state index in [9.17, 15) is 4.79 Å². The summed E-state index contributed by atoms with van der Waals surface area (Å²) in [6.45, 7) is 8.07. The van der Waals surface area contributed by atoms with Crippen molar-refractivity contribution in [2.24, 2.45) is 0 Å². The van der Waals surface area contributed by atoms with Crippen molar-refractivity contribution >= 4 is 21.8 Å². The molecule has 0 bridgehead atoms. The van der Waals surface area contributed by atoms with Crippen molar-refractivity contribution in [3.63, 3.8) is 0 Å². The number of benzene rings is 1. The van der Waals surface area contributed by atoms with Crippen LogP contribution in [0.25, 0.3) is 0 Å². The van der Waals surface area contributed by atoms with Gasteiger partial charge in [-0.25, -0.2) is 0 Å². The molecule has 0 saturated carbocycles. The summed E-state index contributed by atoms with van der Waals surface area (Å²) in [6, 6.07) is 10.4. The number of halogens is 1. The molecule has 3 heteroatoms. The van der Waals surface area contributed by atoms with Gasteiger partial charge in [0.2, 0.25) is 5.91 Å². The van der Waals surface area contributed by atoms with Gasteiger partial charge in [0.15, 0.2) is 0 Å². The molecule has 1 amide bonds. The van der Waals surface area contributed by atoms with Gasteiger partial charge in [-0.05, 0) is 24.3 Å². The predicted octanol–water partition coefficient (Wildman–Crippen LogP) is 3.64. The van der Waals surface area contributed by atoms with Gasteiger partial charge in [0.1, 0.15) is 0 Å². The normalized spacial score (nSPS) is 14.9. The standard InChI is InChI=1S/C15H22BrNO/c1-12(18)17-15(4,11-16)10-14(2,3)13-8-6-5-7-9-13/h5-9H,10-11H2,1-4H3,(H,17,18). The molecule has 1 aromatic rings. The second kappa shape index (κ2) is 5.87. The van der Waals surface area contributed by atoms with Crippen molar-refractivity contribution in [3.8, 4) is 0 Å². The van der Waals surface area contributed by atoms with Gasteiger partial charge >= 0.3 is 0 Å². The Hall–Kier alpha value is -0.830. The van der Waals surface area contributed by atoms with Gasteiger partial charge in [0.05, 0.1) is 0 Å². The lowest BCUT2D eigenvalue weighted by Crippen LogP contribution is -2.50. The van der Waals surface area contributed by atoms with E-state index in [1.165, 1.54) is 5.56 Å². The molecule has 18 heavy (non-hydrogen) atoms. The van der Waals surface area contributed by atoms with Gasteiger partial charge < -0.3 is 5.32 Å². The predicted molar refractivity (Wildman–Crippen MR) is 80.1 cm³/mol. The van der Waals surface area contributed by atoms with Crippen LogP contribution in [0.5, 0.6) is 0 Å². The van der Waals surface area contributed by atoms with E-state index in [4.69, 9.17) is 0 Å². The molecule has 0 saturated heterocycles. The minimum atomic E-state index is -0.231. The van der Waals surface area contributed by atoms with E-state index in [2.05, 4.69) is 66.3 Å². The van der Waals surface area contributed by atoms with Gasteiger partial charge in [-0.1, -0.05) is 60.1 Å². The molecular weight excluding hydrogens is 290 g/mol. The van der Waals surface area contributed by atoms with E-state index >= 15 is 0 Å². The van der Waals surface area contributed by atoms with Crippen molar-refractivity contribution in [2.45, 2.75) is 45.1 Å². The molecule has 0 aromatic heterocycles. The van der Waals surface area contributed by atoms with Crippen LogP contribution in [0.4, 0.5) is 0 Å². The highest BCUT2D eigenvalue weighted by atomic mass is 79.9. The van der Waals surface area contributed by atoms with Crippen LogP contribution < -0.4 is 5.32 Å². The van der Waals surface area contributed by atoms with Gasteiger partial charge in [-0.15, -0.1) is 0 Å². The SMILES string of the molecule is CC(=O)NC(C)(CBr)CC(C)(C)c1ccccc1. The van der Waals surface area contributed by atoms with E-state index in [-0.39, 0.29) is 16.9 Å². The van der Waals surface area contributed by atoms with Crippen molar-refractivity contribution in [1.29, 1.82) is 0 Å². The number of carbonyl (C=O) groups excluding carboxylic acids is 1. The number of nitrogens with one attached hydrogen (secondary N) is 1. The number of carbonyl (C=O) groups is 1. The van der Waals surface area contributed by atoms with E-state index in [0.29, 0.717) is 0 Å². The molecular formula is C15H22BrNO. The molecule has 0 fully saturated rings. The summed E-state index contributed by atoms with van der Waals surface area (Å²) in [5, 5.41) is 3.79. The maximum absolute atomic E-state index is 11.3. The number of alkyl halides is 1. The first-order valence-corrected chi connectivity index (χ1v) is 7.31. The molecule has 100 valence electrons. The molecule has 1 atom stereocenters. The molecule has 1 rings (SSSR count). The fourth-order valence-electron chi connectivity index (χ4n) is 2.52. The fourth-order valence-corrected chi connectivity index (χ4v) is 2.86. The van der Waals surface area contributed by atoms with Crippen molar-refractivity contribution in [2.75, 3.05) is 5.33 Å². The molecule has 0 spiro atoms. The highest BCUT2D eigenvalue weighted by molar-refractivity contribution is 9.09. The van der Waals surface area contributed by atoms with Crippen LogP contribution in [0.15, 0.2) is 30.3 Å². The second-order valence-corrected chi connectivity index (χ2v) is 6.36. The number of hydrogen-bond acceptors (Lipinski definition) is 1. The van der Waals surface area contributed by atoms with E-state index in [1.54, 1.807) is 6.92 Å². The smallest absolute Gasteiger partial charge is 0.217 e. The van der Waals surface area contributed by atoms with E-state index in [0.717, 1.165) is 11.8 Å². The summed E-state index contributed by atoms with van der Waals surface area (Å²) in [5.41, 5.74) is 1.08. The molecule has 0 aliphatic rings. The maximum Gasteiger partial charge on any atom is 0.217 e. The van der Waals surface area contributed by atoms with Crippen LogP contribution in [0.1, 0.15) is 39.7 Å². The molecule has 2 nitrogen and oxygen atoms in total. The Morgan fingerprint density at radius 3 is 2.22 bits per heavy atom.